The number of amides is 1. The Bertz CT molecular complexity index is 411. The Morgan fingerprint density at radius 2 is 2.18 bits per heavy atom. The minimum absolute atomic E-state index is 0.125. The SMILES string of the molecule is Cc1ocnc1C(=O)N[C@H](CC(C)C)C(=O)O. The number of nitrogens with one attached hydrogen (secondary N) is 1. The van der Waals surface area contributed by atoms with E-state index in [0.29, 0.717) is 12.2 Å². The Morgan fingerprint density at radius 1 is 1.53 bits per heavy atom. The topological polar surface area (TPSA) is 92.4 Å². The first-order valence-electron chi connectivity index (χ1n) is 5.35. The molecule has 1 heterocycles. The summed E-state index contributed by atoms with van der Waals surface area (Å²) in [6.45, 7) is 5.38. The zero-order chi connectivity index (χ0) is 13.0. The molecular weight excluding hydrogens is 224 g/mol. The first-order valence-corrected chi connectivity index (χ1v) is 5.35. The first kappa shape index (κ1) is 13.2. The predicted molar refractivity (Wildman–Crippen MR) is 59.6 cm³/mol. The van der Waals surface area contributed by atoms with Crippen molar-refractivity contribution < 1.29 is 19.1 Å². The van der Waals surface area contributed by atoms with Gasteiger partial charge in [-0.25, -0.2) is 9.78 Å². The van der Waals surface area contributed by atoms with Crippen molar-refractivity contribution in [3.63, 3.8) is 0 Å². The second kappa shape index (κ2) is 5.47. The van der Waals surface area contributed by atoms with Gasteiger partial charge >= 0.3 is 5.97 Å². The maximum absolute atomic E-state index is 11.7. The summed E-state index contributed by atoms with van der Waals surface area (Å²) in [7, 11) is 0. The number of aromatic nitrogens is 1. The number of carboxylic acid groups (broad SMARTS) is 1. The van der Waals surface area contributed by atoms with E-state index in [1.807, 2.05) is 13.8 Å². The minimum atomic E-state index is -1.05. The van der Waals surface area contributed by atoms with Crippen molar-refractivity contribution in [3.05, 3.63) is 17.8 Å². The highest BCUT2D eigenvalue weighted by Gasteiger charge is 2.23. The fraction of sp³-hybridized carbons (Fsp3) is 0.545. The average molecular weight is 240 g/mol. The fourth-order valence-corrected chi connectivity index (χ4v) is 1.44. The maximum atomic E-state index is 11.7. The lowest BCUT2D eigenvalue weighted by molar-refractivity contribution is -0.139. The number of rotatable bonds is 5. The number of carbonyl (C=O) groups is 2. The number of carbonyl (C=O) groups excluding carboxylic acids is 1. The van der Waals surface area contributed by atoms with Gasteiger partial charge in [0.25, 0.3) is 5.91 Å². The van der Waals surface area contributed by atoms with Gasteiger partial charge in [-0.1, -0.05) is 13.8 Å². The van der Waals surface area contributed by atoms with Gasteiger partial charge in [0.15, 0.2) is 12.1 Å². The Kier molecular flexibility index (Phi) is 4.25. The highest BCUT2D eigenvalue weighted by atomic mass is 16.4. The van der Waals surface area contributed by atoms with Crippen LogP contribution in [0.3, 0.4) is 0 Å². The largest absolute Gasteiger partial charge is 0.480 e. The van der Waals surface area contributed by atoms with Crippen LogP contribution in [0.25, 0.3) is 0 Å². The van der Waals surface area contributed by atoms with Gasteiger partial charge in [-0.15, -0.1) is 0 Å². The lowest BCUT2D eigenvalue weighted by atomic mass is 10.0. The highest BCUT2D eigenvalue weighted by molar-refractivity contribution is 5.95. The van der Waals surface area contributed by atoms with Crippen LogP contribution >= 0.6 is 0 Å². The minimum Gasteiger partial charge on any atom is -0.480 e. The van der Waals surface area contributed by atoms with Crippen molar-refractivity contribution in [2.45, 2.75) is 33.2 Å². The summed E-state index contributed by atoms with van der Waals surface area (Å²) in [5.41, 5.74) is 0.125. The molecule has 0 aliphatic rings. The summed E-state index contributed by atoms with van der Waals surface area (Å²) in [5.74, 6) is -1.02. The molecule has 0 unspecified atom stereocenters. The molecule has 0 radical (unpaired) electrons. The lowest BCUT2D eigenvalue weighted by Gasteiger charge is -2.15. The van der Waals surface area contributed by atoms with Crippen LogP contribution in [-0.4, -0.2) is 28.0 Å². The standard InChI is InChI=1S/C11H16N2O4/c1-6(2)4-8(11(15)16)13-10(14)9-7(3)17-5-12-9/h5-6,8H,4H2,1-3H3,(H,13,14)(H,15,16)/t8-/m1/s1. The van der Waals surface area contributed by atoms with Crippen molar-refractivity contribution in [2.75, 3.05) is 0 Å². The number of aryl methyl sites for hydroxylation is 1. The highest BCUT2D eigenvalue weighted by Crippen LogP contribution is 2.08. The van der Waals surface area contributed by atoms with Gasteiger partial charge < -0.3 is 14.8 Å². The van der Waals surface area contributed by atoms with Crippen molar-refractivity contribution in [1.82, 2.24) is 10.3 Å². The van der Waals surface area contributed by atoms with E-state index in [0.717, 1.165) is 6.39 Å². The van der Waals surface area contributed by atoms with Gasteiger partial charge in [0.05, 0.1) is 0 Å². The molecule has 1 aromatic heterocycles. The zero-order valence-electron chi connectivity index (χ0n) is 10.1. The molecule has 0 saturated carbocycles. The van der Waals surface area contributed by atoms with Gasteiger partial charge in [-0.2, -0.15) is 0 Å². The summed E-state index contributed by atoms with van der Waals surface area (Å²) >= 11 is 0. The van der Waals surface area contributed by atoms with Gasteiger partial charge in [0.2, 0.25) is 0 Å². The Hall–Kier alpha value is -1.85. The number of carboxylic acids is 1. The Balaban J connectivity index is 2.71. The molecule has 1 atom stereocenters. The first-order chi connectivity index (χ1) is 7.91. The second-order valence-corrected chi connectivity index (χ2v) is 4.25. The van der Waals surface area contributed by atoms with E-state index in [1.54, 1.807) is 6.92 Å². The molecule has 6 heteroatoms. The molecule has 0 bridgehead atoms. The molecule has 0 aliphatic carbocycles. The van der Waals surface area contributed by atoms with Crippen molar-refractivity contribution >= 4 is 11.9 Å². The summed E-state index contributed by atoms with van der Waals surface area (Å²) in [6.07, 6.45) is 1.53. The third kappa shape index (κ3) is 3.58. The maximum Gasteiger partial charge on any atom is 0.326 e. The second-order valence-electron chi connectivity index (χ2n) is 4.25. The van der Waals surface area contributed by atoms with E-state index >= 15 is 0 Å². The van der Waals surface area contributed by atoms with E-state index in [2.05, 4.69) is 10.3 Å². The van der Waals surface area contributed by atoms with Gasteiger partial charge in [0.1, 0.15) is 11.8 Å². The van der Waals surface area contributed by atoms with E-state index in [1.165, 1.54) is 0 Å². The van der Waals surface area contributed by atoms with E-state index in [9.17, 15) is 9.59 Å². The molecular formula is C11H16N2O4. The van der Waals surface area contributed by atoms with Crippen LogP contribution in [-0.2, 0) is 4.79 Å². The zero-order valence-corrected chi connectivity index (χ0v) is 10.1. The molecule has 1 amide bonds. The van der Waals surface area contributed by atoms with Crippen molar-refractivity contribution in [2.24, 2.45) is 5.92 Å². The molecule has 0 aromatic carbocycles. The Labute approximate surface area is 99.0 Å². The number of nitrogens with zero attached hydrogens (tertiary/aromatic N) is 1. The van der Waals surface area contributed by atoms with Crippen LogP contribution < -0.4 is 5.32 Å². The summed E-state index contributed by atoms with van der Waals surface area (Å²) in [5, 5.41) is 11.4. The van der Waals surface area contributed by atoms with Crippen LogP contribution in [0.5, 0.6) is 0 Å². The number of hydrogen-bond acceptors (Lipinski definition) is 4. The number of hydrogen-bond donors (Lipinski definition) is 2. The average Bonchev–Trinajstić information content (AvgIpc) is 2.62. The third-order valence-electron chi connectivity index (χ3n) is 2.27. The van der Waals surface area contributed by atoms with E-state index in [4.69, 9.17) is 9.52 Å². The van der Waals surface area contributed by atoms with Gasteiger partial charge in [-0.3, -0.25) is 4.79 Å². The molecule has 1 rings (SSSR count). The molecule has 0 aliphatic heterocycles. The van der Waals surface area contributed by atoms with Crippen LogP contribution in [0.15, 0.2) is 10.8 Å². The van der Waals surface area contributed by atoms with Crippen LogP contribution in [0, 0.1) is 12.8 Å². The monoisotopic (exact) mass is 240 g/mol. The molecule has 17 heavy (non-hydrogen) atoms. The van der Waals surface area contributed by atoms with Crippen LogP contribution in [0.2, 0.25) is 0 Å². The number of aliphatic carboxylic acids is 1. The molecule has 0 fully saturated rings. The Morgan fingerprint density at radius 3 is 2.59 bits per heavy atom. The van der Waals surface area contributed by atoms with Gasteiger partial charge in [0, 0.05) is 0 Å². The molecule has 6 nitrogen and oxygen atoms in total. The summed E-state index contributed by atoms with van der Waals surface area (Å²) in [6, 6.07) is -0.904. The molecule has 0 spiro atoms. The van der Waals surface area contributed by atoms with E-state index in [-0.39, 0.29) is 11.6 Å². The quantitative estimate of drug-likeness (QED) is 0.807. The van der Waals surface area contributed by atoms with Crippen LogP contribution in [0.1, 0.15) is 36.5 Å². The molecule has 0 saturated heterocycles. The normalized spacial score (nSPS) is 12.5. The molecule has 1 aromatic rings. The molecule has 2 N–H and O–H groups in total. The van der Waals surface area contributed by atoms with Gasteiger partial charge in [-0.05, 0) is 19.3 Å². The van der Waals surface area contributed by atoms with Crippen LogP contribution in [0.4, 0.5) is 0 Å². The summed E-state index contributed by atoms with van der Waals surface area (Å²) in [4.78, 5) is 26.4. The smallest absolute Gasteiger partial charge is 0.326 e. The van der Waals surface area contributed by atoms with Crippen molar-refractivity contribution in [1.29, 1.82) is 0 Å². The number of oxazole rings is 1. The third-order valence-corrected chi connectivity index (χ3v) is 2.27. The van der Waals surface area contributed by atoms with E-state index < -0.39 is 17.9 Å². The molecule has 94 valence electrons. The fourth-order valence-electron chi connectivity index (χ4n) is 1.44. The predicted octanol–water partition coefficient (Wildman–Crippen LogP) is 1.21. The van der Waals surface area contributed by atoms with Crippen molar-refractivity contribution in [3.8, 4) is 0 Å². The summed E-state index contributed by atoms with van der Waals surface area (Å²) < 4.78 is 4.89. The lowest BCUT2D eigenvalue weighted by Crippen LogP contribution is -2.41.